The average molecular weight is 436 g/mol. The van der Waals surface area contributed by atoms with E-state index in [0.717, 1.165) is 18.7 Å². The largest absolute Gasteiger partial charge is 0.325 e. The van der Waals surface area contributed by atoms with Gasteiger partial charge in [-0.3, -0.25) is 4.79 Å². The molecular formula is C19H25N5O3S2. The summed E-state index contributed by atoms with van der Waals surface area (Å²) < 4.78 is 28.5. The van der Waals surface area contributed by atoms with E-state index in [9.17, 15) is 13.2 Å². The summed E-state index contributed by atoms with van der Waals surface area (Å²) in [5, 5.41) is 11.2. The summed E-state index contributed by atoms with van der Waals surface area (Å²) in [6.45, 7) is 9.06. The van der Waals surface area contributed by atoms with Crippen LogP contribution in [0.3, 0.4) is 0 Å². The van der Waals surface area contributed by atoms with Crippen molar-refractivity contribution in [3.8, 4) is 0 Å². The summed E-state index contributed by atoms with van der Waals surface area (Å²) in [4.78, 5) is 12.8. The number of carbonyl (C=O) groups is 1. The molecule has 1 fully saturated rings. The number of aryl methyl sites for hydroxylation is 1. The fourth-order valence-electron chi connectivity index (χ4n) is 3.03. The lowest BCUT2D eigenvalue weighted by atomic mass is 10.3. The second kappa shape index (κ2) is 9.10. The van der Waals surface area contributed by atoms with Crippen LogP contribution in [0.5, 0.6) is 0 Å². The molecule has 1 aromatic carbocycles. The first-order chi connectivity index (χ1) is 13.8. The molecule has 10 heteroatoms. The summed E-state index contributed by atoms with van der Waals surface area (Å²) in [6, 6.07) is 6.29. The normalized spacial score (nSPS) is 15.9. The number of hydrogen-bond acceptors (Lipinski definition) is 6. The maximum absolute atomic E-state index is 12.6. The molecule has 156 valence electrons. The van der Waals surface area contributed by atoms with Gasteiger partial charge >= 0.3 is 0 Å². The van der Waals surface area contributed by atoms with E-state index in [1.165, 1.54) is 28.2 Å². The van der Waals surface area contributed by atoms with E-state index in [4.69, 9.17) is 0 Å². The number of sulfonamides is 1. The van der Waals surface area contributed by atoms with Crippen molar-refractivity contribution in [3.05, 3.63) is 42.7 Å². The molecule has 0 radical (unpaired) electrons. The molecule has 1 aliphatic heterocycles. The van der Waals surface area contributed by atoms with E-state index in [0.29, 0.717) is 30.5 Å². The topological polar surface area (TPSA) is 97.2 Å². The lowest BCUT2D eigenvalue weighted by molar-refractivity contribution is -0.115. The number of aromatic nitrogens is 3. The van der Waals surface area contributed by atoms with Crippen LogP contribution in [0.15, 0.2) is 47.0 Å². The molecular weight excluding hydrogens is 410 g/mol. The Balaban J connectivity index is 1.64. The molecule has 1 atom stereocenters. The third-order valence-electron chi connectivity index (χ3n) is 4.69. The van der Waals surface area contributed by atoms with Gasteiger partial charge in [-0.05, 0) is 51.0 Å². The molecule has 0 saturated carbocycles. The highest BCUT2D eigenvalue weighted by Crippen LogP contribution is 2.25. The number of allylic oxidation sites excluding steroid dienone is 1. The first-order valence-corrected chi connectivity index (χ1v) is 11.7. The number of nitrogens with one attached hydrogen (secondary N) is 1. The second-order valence-electron chi connectivity index (χ2n) is 6.81. The first kappa shape index (κ1) is 21.5. The molecule has 0 spiro atoms. The number of amides is 1. The summed E-state index contributed by atoms with van der Waals surface area (Å²) in [7, 11) is -3.46. The van der Waals surface area contributed by atoms with Crippen molar-refractivity contribution in [3.63, 3.8) is 0 Å². The number of benzene rings is 1. The van der Waals surface area contributed by atoms with Gasteiger partial charge in [-0.2, -0.15) is 4.31 Å². The molecule has 1 saturated heterocycles. The predicted molar refractivity (Wildman–Crippen MR) is 113 cm³/mol. The lowest BCUT2D eigenvalue weighted by Crippen LogP contribution is -2.27. The van der Waals surface area contributed by atoms with Crippen LogP contribution in [0, 0.1) is 6.92 Å². The third-order valence-corrected chi connectivity index (χ3v) is 7.68. The molecule has 29 heavy (non-hydrogen) atoms. The van der Waals surface area contributed by atoms with Crippen molar-refractivity contribution >= 4 is 33.4 Å². The van der Waals surface area contributed by atoms with Crippen LogP contribution in [0.1, 0.15) is 25.6 Å². The van der Waals surface area contributed by atoms with Crippen LogP contribution in [0.2, 0.25) is 0 Å². The molecule has 2 aromatic rings. The van der Waals surface area contributed by atoms with Gasteiger partial charge < -0.3 is 9.88 Å². The molecule has 0 aliphatic carbocycles. The first-order valence-electron chi connectivity index (χ1n) is 9.41. The number of thioether (sulfide) groups is 1. The van der Waals surface area contributed by atoms with Gasteiger partial charge in [0.2, 0.25) is 15.9 Å². The van der Waals surface area contributed by atoms with Gasteiger partial charge in [0.15, 0.2) is 5.16 Å². The monoisotopic (exact) mass is 435 g/mol. The summed E-state index contributed by atoms with van der Waals surface area (Å²) >= 11 is 1.31. The maximum Gasteiger partial charge on any atom is 0.243 e. The zero-order valence-electron chi connectivity index (χ0n) is 16.5. The molecule has 2 heterocycles. The fourth-order valence-corrected chi connectivity index (χ4v) is 5.45. The summed E-state index contributed by atoms with van der Waals surface area (Å²) in [5.41, 5.74) is 0.548. The molecule has 0 bridgehead atoms. The standard InChI is InChI=1S/C19H25N5O3S2/c1-4-11-24-15(3)21-22-19(24)28-14(2)18(25)20-16-7-9-17(10-8-16)29(26,27)23-12-5-6-13-23/h4,7-10,14H,1,5-6,11-13H2,2-3H3,(H,20,25). The Hall–Kier alpha value is -2.17. The van der Waals surface area contributed by atoms with Crippen molar-refractivity contribution in [1.82, 2.24) is 19.1 Å². The van der Waals surface area contributed by atoms with Crippen molar-refractivity contribution in [2.45, 2.75) is 48.5 Å². The van der Waals surface area contributed by atoms with Crippen LogP contribution in [0.4, 0.5) is 5.69 Å². The van der Waals surface area contributed by atoms with Crippen molar-refractivity contribution < 1.29 is 13.2 Å². The van der Waals surface area contributed by atoms with E-state index in [1.54, 1.807) is 25.1 Å². The van der Waals surface area contributed by atoms with Gasteiger partial charge in [0, 0.05) is 25.3 Å². The highest BCUT2D eigenvalue weighted by molar-refractivity contribution is 8.00. The van der Waals surface area contributed by atoms with E-state index in [2.05, 4.69) is 22.1 Å². The van der Waals surface area contributed by atoms with E-state index < -0.39 is 15.3 Å². The quantitative estimate of drug-likeness (QED) is 0.506. The van der Waals surface area contributed by atoms with Crippen molar-refractivity contribution in [1.29, 1.82) is 0 Å². The highest BCUT2D eigenvalue weighted by Gasteiger charge is 2.27. The second-order valence-corrected chi connectivity index (χ2v) is 10.1. The third kappa shape index (κ3) is 4.88. The van der Waals surface area contributed by atoms with Crippen LogP contribution in [-0.2, 0) is 21.4 Å². The zero-order valence-corrected chi connectivity index (χ0v) is 18.2. The predicted octanol–water partition coefficient (Wildman–Crippen LogP) is 2.68. The van der Waals surface area contributed by atoms with Gasteiger partial charge in [0.05, 0.1) is 10.1 Å². The zero-order chi connectivity index (χ0) is 21.0. The number of nitrogens with zero attached hydrogens (tertiary/aromatic N) is 4. The minimum absolute atomic E-state index is 0.198. The summed E-state index contributed by atoms with van der Waals surface area (Å²) in [5.74, 6) is 0.561. The molecule has 8 nitrogen and oxygen atoms in total. The Morgan fingerprint density at radius 1 is 1.28 bits per heavy atom. The Labute approximate surface area is 175 Å². The van der Waals surface area contributed by atoms with Gasteiger partial charge in [-0.1, -0.05) is 17.8 Å². The molecule has 1 unspecified atom stereocenters. The molecule has 3 rings (SSSR count). The van der Waals surface area contributed by atoms with E-state index in [1.807, 2.05) is 11.5 Å². The van der Waals surface area contributed by atoms with Crippen LogP contribution >= 0.6 is 11.8 Å². The minimum atomic E-state index is -3.46. The highest BCUT2D eigenvalue weighted by atomic mass is 32.2. The average Bonchev–Trinajstić information content (AvgIpc) is 3.35. The number of carbonyl (C=O) groups excluding carboxylic acids is 1. The lowest BCUT2D eigenvalue weighted by Gasteiger charge is -2.16. The van der Waals surface area contributed by atoms with Gasteiger partial charge in [0.1, 0.15) is 5.82 Å². The SMILES string of the molecule is C=CCn1c(C)nnc1SC(C)C(=O)Nc1ccc(S(=O)(=O)N2CCCC2)cc1. The van der Waals surface area contributed by atoms with E-state index >= 15 is 0 Å². The van der Waals surface area contributed by atoms with Gasteiger partial charge in [-0.15, -0.1) is 16.8 Å². The summed E-state index contributed by atoms with van der Waals surface area (Å²) in [6.07, 6.45) is 3.54. The Bertz CT molecular complexity index is 980. The molecule has 1 aromatic heterocycles. The van der Waals surface area contributed by atoms with Crippen molar-refractivity contribution in [2.75, 3.05) is 18.4 Å². The molecule has 1 aliphatic rings. The van der Waals surface area contributed by atoms with Gasteiger partial charge in [-0.25, -0.2) is 8.42 Å². The number of rotatable bonds is 8. The minimum Gasteiger partial charge on any atom is -0.325 e. The maximum atomic E-state index is 12.6. The number of anilines is 1. The van der Waals surface area contributed by atoms with Gasteiger partial charge in [0.25, 0.3) is 0 Å². The Morgan fingerprint density at radius 2 is 1.93 bits per heavy atom. The smallest absolute Gasteiger partial charge is 0.243 e. The van der Waals surface area contributed by atoms with Crippen LogP contribution < -0.4 is 5.32 Å². The van der Waals surface area contributed by atoms with E-state index in [-0.39, 0.29) is 10.8 Å². The van der Waals surface area contributed by atoms with Crippen molar-refractivity contribution in [2.24, 2.45) is 0 Å². The Kier molecular flexibility index (Phi) is 6.76. The molecule has 1 N–H and O–H groups in total. The van der Waals surface area contributed by atoms with Crippen LogP contribution in [-0.4, -0.2) is 51.7 Å². The molecule has 1 amide bonds. The fraction of sp³-hybridized carbons (Fsp3) is 0.421. The van der Waals surface area contributed by atoms with Crippen LogP contribution in [0.25, 0.3) is 0 Å². The Morgan fingerprint density at radius 3 is 2.55 bits per heavy atom. The number of hydrogen-bond donors (Lipinski definition) is 1.